The van der Waals surface area contributed by atoms with Gasteiger partial charge < -0.3 is 10.1 Å². The second kappa shape index (κ2) is 6.19. The molecule has 2 heterocycles. The third-order valence-electron chi connectivity index (χ3n) is 3.62. The fourth-order valence-corrected chi connectivity index (χ4v) is 2.50. The molecule has 0 aliphatic rings. The van der Waals surface area contributed by atoms with Crippen LogP contribution in [0.15, 0.2) is 30.5 Å². The number of carbonyl (C=O) groups excluding carboxylic acids is 1. The van der Waals surface area contributed by atoms with E-state index in [0.717, 1.165) is 5.56 Å². The summed E-state index contributed by atoms with van der Waals surface area (Å²) in [5, 5.41) is 17.9. The molecular weight excluding hydrogens is 326 g/mol. The number of nitrogens with zero attached hydrogens (tertiary/aromatic N) is 4. The SMILES string of the molecule is COc1cc(C(=O)Nc2cc(C)c3nc(C)nn3c2)ccc1[N+](=O)[O-]. The average molecular weight is 341 g/mol. The molecule has 0 spiro atoms. The summed E-state index contributed by atoms with van der Waals surface area (Å²) in [5.74, 6) is 0.242. The molecular formula is C16H15N5O4. The second-order valence-corrected chi connectivity index (χ2v) is 5.44. The van der Waals surface area contributed by atoms with E-state index in [1.807, 2.05) is 6.92 Å². The molecule has 1 N–H and O–H groups in total. The molecule has 0 aliphatic carbocycles. The van der Waals surface area contributed by atoms with E-state index in [2.05, 4.69) is 15.4 Å². The lowest BCUT2D eigenvalue weighted by Crippen LogP contribution is -2.13. The van der Waals surface area contributed by atoms with Crippen molar-refractivity contribution in [3.8, 4) is 5.75 Å². The van der Waals surface area contributed by atoms with Crippen LogP contribution in [0, 0.1) is 24.0 Å². The Balaban J connectivity index is 1.91. The molecule has 0 fully saturated rings. The standard InChI is InChI=1S/C16H15N5O4/c1-9-6-12(8-20-15(9)17-10(2)19-20)18-16(22)11-4-5-13(21(23)24)14(7-11)25-3/h4-8H,1-3H3,(H,18,22). The first-order chi connectivity index (χ1) is 11.9. The highest BCUT2D eigenvalue weighted by Crippen LogP contribution is 2.28. The Bertz CT molecular complexity index is 996. The quantitative estimate of drug-likeness (QED) is 0.576. The van der Waals surface area contributed by atoms with Gasteiger partial charge in [0.2, 0.25) is 0 Å². The van der Waals surface area contributed by atoms with Gasteiger partial charge in [-0.1, -0.05) is 0 Å². The van der Waals surface area contributed by atoms with Crippen LogP contribution in [-0.4, -0.2) is 32.5 Å². The van der Waals surface area contributed by atoms with Gasteiger partial charge in [0.05, 0.1) is 23.9 Å². The van der Waals surface area contributed by atoms with Crippen molar-refractivity contribution in [3.63, 3.8) is 0 Å². The number of anilines is 1. The zero-order valence-corrected chi connectivity index (χ0v) is 13.8. The summed E-state index contributed by atoms with van der Waals surface area (Å²) >= 11 is 0. The van der Waals surface area contributed by atoms with E-state index in [0.29, 0.717) is 17.2 Å². The Morgan fingerprint density at radius 1 is 1.32 bits per heavy atom. The highest BCUT2D eigenvalue weighted by Gasteiger charge is 2.18. The van der Waals surface area contributed by atoms with Gasteiger partial charge in [-0.05, 0) is 31.5 Å². The fraction of sp³-hybridized carbons (Fsp3) is 0.188. The Morgan fingerprint density at radius 2 is 2.08 bits per heavy atom. The van der Waals surface area contributed by atoms with Gasteiger partial charge in [-0.2, -0.15) is 5.10 Å². The number of ether oxygens (including phenoxy) is 1. The molecule has 9 nitrogen and oxygen atoms in total. The molecule has 0 bridgehead atoms. The number of nitro benzene ring substituents is 1. The highest BCUT2D eigenvalue weighted by molar-refractivity contribution is 6.04. The van der Waals surface area contributed by atoms with Crippen molar-refractivity contribution in [2.24, 2.45) is 0 Å². The number of nitrogens with one attached hydrogen (secondary N) is 1. The Morgan fingerprint density at radius 3 is 2.76 bits per heavy atom. The van der Waals surface area contributed by atoms with Gasteiger partial charge in [-0.25, -0.2) is 9.50 Å². The largest absolute Gasteiger partial charge is 0.490 e. The van der Waals surface area contributed by atoms with Gasteiger partial charge in [0.1, 0.15) is 5.82 Å². The Kier molecular flexibility index (Phi) is 4.05. The number of pyridine rings is 1. The minimum Gasteiger partial charge on any atom is -0.490 e. The maximum atomic E-state index is 12.4. The Labute approximate surface area is 142 Å². The summed E-state index contributed by atoms with van der Waals surface area (Å²) in [6.45, 7) is 3.65. The van der Waals surface area contributed by atoms with Crippen LogP contribution in [0.4, 0.5) is 11.4 Å². The van der Waals surface area contributed by atoms with Gasteiger partial charge in [0.15, 0.2) is 11.4 Å². The summed E-state index contributed by atoms with van der Waals surface area (Å²) in [6, 6.07) is 5.73. The zero-order valence-electron chi connectivity index (χ0n) is 13.8. The van der Waals surface area contributed by atoms with E-state index in [1.54, 1.807) is 23.7 Å². The van der Waals surface area contributed by atoms with Gasteiger partial charge in [0.25, 0.3) is 5.91 Å². The van der Waals surface area contributed by atoms with Crippen LogP contribution in [0.25, 0.3) is 5.65 Å². The van der Waals surface area contributed by atoms with Crippen molar-refractivity contribution in [1.82, 2.24) is 14.6 Å². The van der Waals surface area contributed by atoms with Crippen molar-refractivity contribution >= 4 is 22.9 Å². The van der Waals surface area contributed by atoms with Crippen LogP contribution in [-0.2, 0) is 0 Å². The van der Waals surface area contributed by atoms with Crippen molar-refractivity contribution in [2.75, 3.05) is 12.4 Å². The number of nitro groups is 1. The average Bonchev–Trinajstić information content (AvgIpc) is 2.95. The molecule has 3 rings (SSSR count). The lowest BCUT2D eigenvalue weighted by molar-refractivity contribution is -0.385. The van der Waals surface area contributed by atoms with Crippen molar-refractivity contribution < 1.29 is 14.5 Å². The zero-order chi connectivity index (χ0) is 18.1. The van der Waals surface area contributed by atoms with E-state index in [4.69, 9.17) is 4.74 Å². The number of aromatic nitrogens is 3. The van der Waals surface area contributed by atoms with Crippen molar-refractivity contribution in [2.45, 2.75) is 13.8 Å². The first kappa shape index (κ1) is 16.4. The van der Waals surface area contributed by atoms with Gasteiger partial charge in [0, 0.05) is 17.7 Å². The topological polar surface area (TPSA) is 112 Å². The number of hydrogen-bond acceptors (Lipinski definition) is 6. The third kappa shape index (κ3) is 3.11. The van der Waals surface area contributed by atoms with E-state index < -0.39 is 10.8 Å². The monoisotopic (exact) mass is 341 g/mol. The number of carbonyl (C=O) groups is 1. The van der Waals surface area contributed by atoms with Crippen LogP contribution in [0.5, 0.6) is 5.75 Å². The predicted octanol–water partition coefficient (Wildman–Crippen LogP) is 2.52. The number of benzene rings is 1. The normalized spacial score (nSPS) is 10.7. The molecule has 1 aromatic carbocycles. The van der Waals surface area contributed by atoms with Crippen LogP contribution in [0.3, 0.4) is 0 Å². The van der Waals surface area contributed by atoms with Crippen LogP contribution >= 0.6 is 0 Å². The van der Waals surface area contributed by atoms with Gasteiger partial charge in [-0.3, -0.25) is 14.9 Å². The Hall–Kier alpha value is -3.49. The molecule has 0 aliphatic heterocycles. The summed E-state index contributed by atoms with van der Waals surface area (Å²) in [4.78, 5) is 27.1. The smallest absolute Gasteiger partial charge is 0.310 e. The molecule has 0 unspecified atom stereocenters. The van der Waals surface area contributed by atoms with E-state index in [9.17, 15) is 14.9 Å². The maximum absolute atomic E-state index is 12.4. The molecule has 128 valence electrons. The molecule has 0 saturated heterocycles. The summed E-state index contributed by atoms with van der Waals surface area (Å²) in [5.41, 5.74) is 2.16. The summed E-state index contributed by atoms with van der Waals surface area (Å²) < 4.78 is 6.58. The number of hydrogen-bond donors (Lipinski definition) is 1. The number of methoxy groups -OCH3 is 1. The van der Waals surface area contributed by atoms with Gasteiger partial charge in [-0.15, -0.1) is 0 Å². The number of aryl methyl sites for hydroxylation is 2. The van der Waals surface area contributed by atoms with Crippen LogP contribution < -0.4 is 10.1 Å². The third-order valence-corrected chi connectivity index (χ3v) is 3.62. The number of rotatable bonds is 4. The molecule has 9 heteroatoms. The number of amides is 1. The lowest BCUT2D eigenvalue weighted by Gasteiger charge is -2.08. The van der Waals surface area contributed by atoms with E-state index in [-0.39, 0.29) is 17.0 Å². The number of fused-ring (bicyclic) bond motifs is 1. The minimum atomic E-state index is -0.565. The molecule has 1 amide bonds. The minimum absolute atomic E-state index is 0.0242. The van der Waals surface area contributed by atoms with Crippen molar-refractivity contribution in [1.29, 1.82) is 0 Å². The molecule has 0 saturated carbocycles. The highest BCUT2D eigenvalue weighted by atomic mass is 16.6. The predicted molar refractivity (Wildman–Crippen MR) is 90.1 cm³/mol. The molecule has 2 aromatic heterocycles. The first-order valence-electron chi connectivity index (χ1n) is 7.36. The molecule has 25 heavy (non-hydrogen) atoms. The molecule has 0 radical (unpaired) electrons. The first-order valence-corrected chi connectivity index (χ1v) is 7.36. The lowest BCUT2D eigenvalue weighted by atomic mass is 10.1. The second-order valence-electron chi connectivity index (χ2n) is 5.44. The fourth-order valence-electron chi connectivity index (χ4n) is 2.50. The van der Waals surface area contributed by atoms with E-state index in [1.165, 1.54) is 25.3 Å². The van der Waals surface area contributed by atoms with Crippen LogP contribution in [0.2, 0.25) is 0 Å². The van der Waals surface area contributed by atoms with Gasteiger partial charge >= 0.3 is 5.69 Å². The van der Waals surface area contributed by atoms with Crippen LogP contribution in [0.1, 0.15) is 21.7 Å². The van der Waals surface area contributed by atoms with E-state index >= 15 is 0 Å². The molecule has 3 aromatic rings. The summed E-state index contributed by atoms with van der Waals surface area (Å²) in [6.07, 6.45) is 1.66. The summed E-state index contributed by atoms with van der Waals surface area (Å²) in [7, 11) is 1.31. The maximum Gasteiger partial charge on any atom is 0.310 e. The molecule has 0 atom stereocenters. The van der Waals surface area contributed by atoms with Crippen molar-refractivity contribution in [3.05, 3.63) is 57.5 Å².